The normalized spacial score (nSPS) is 10.5. The van der Waals surface area contributed by atoms with E-state index in [0.717, 1.165) is 5.56 Å². The first-order valence-corrected chi connectivity index (χ1v) is 8.36. The molecule has 7 heteroatoms. The molecule has 6 nitrogen and oxygen atoms in total. The van der Waals surface area contributed by atoms with Gasteiger partial charge in [-0.3, -0.25) is 4.79 Å². The lowest BCUT2D eigenvalue weighted by Crippen LogP contribution is -2.18. The van der Waals surface area contributed by atoms with Crippen molar-refractivity contribution in [3.05, 3.63) is 71.7 Å². The summed E-state index contributed by atoms with van der Waals surface area (Å²) >= 11 is 0. The van der Waals surface area contributed by atoms with Crippen LogP contribution in [0.3, 0.4) is 0 Å². The van der Waals surface area contributed by atoms with Crippen molar-refractivity contribution >= 4 is 11.7 Å². The van der Waals surface area contributed by atoms with Gasteiger partial charge in [-0.15, -0.1) is 0 Å². The molecule has 0 aliphatic rings. The third kappa shape index (κ3) is 4.44. The van der Waals surface area contributed by atoms with Gasteiger partial charge in [0, 0.05) is 17.7 Å². The van der Waals surface area contributed by atoms with Crippen LogP contribution in [0.2, 0.25) is 0 Å². The number of amides is 1. The Hall–Kier alpha value is -3.35. The van der Waals surface area contributed by atoms with Gasteiger partial charge in [0.05, 0.1) is 33.4 Å². The second-order valence-electron chi connectivity index (χ2n) is 5.87. The van der Waals surface area contributed by atoms with Gasteiger partial charge in [-0.1, -0.05) is 18.2 Å². The van der Waals surface area contributed by atoms with E-state index in [2.05, 4.69) is 10.4 Å². The Morgan fingerprint density at radius 1 is 1.11 bits per heavy atom. The first-order valence-electron chi connectivity index (χ1n) is 8.36. The number of ether oxygens (including phenoxy) is 2. The van der Waals surface area contributed by atoms with Crippen molar-refractivity contribution in [1.29, 1.82) is 0 Å². The molecule has 1 amide bonds. The van der Waals surface area contributed by atoms with E-state index in [1.807, 2.05) is 12.1 Å². The molecular formula is C20H20FN3O3. The standard InChI is InChI=1S/C20H20FN3O3/c1-26-16-8-7-15(18(12-16)27-2)13-24-19(9-10-22-24)23-20(25)11-14-5-3-4-6-17(14)21/h3-10,12H,11,13H2,1-2H3,(H,23,25). The minimum absolute atomic E-state index is 0.0519. The van der Waals surface area contributed by atoms with Crippen LogP contribution in [0.1, 0.15) is 11.1 Å². The van der Waals surface area contributed by atoms with Gasteiger partial charge < -0.3 is 14.8 Å². The Kier molecular flexibility index (Phi) is 5.71. The number of methoxy groups -OCH3 is 2. The number of anilines is 1. The molecule has 3 rings (SSSR count). The van der Waals surface area contributed by atoms with E-state index >= 15 is 0 Å². The van der Waals surface area contributed by atoms with E-state index in [4.69, 9.17) is 9.47 Å². The monoisotopic (exact) mass is 369 g/mol. The van der Waals surface area contributed by atoms with Crippen LogP contribution in [0, 0.1) is 5.82 Å². The molecule has 1 aromatic heterocycles. The lowest BCUT2D eigenvalue weighted by molar-refractivity contribution is -0.115. The van der Waals surface area contributed by atoms with Crippen molar-refractivity contribution < 1.29 is 18.7 Å². The van der Waals surface area contributed by atoms with Crippen LogP contribution in [-0.2, 0) is 17.8 Å². The number of rotatable bonds is 7. The summed E-state index contributed by atoms with van der Waals surface area (Å²) < 4.78 is 26.0. The number of benzene rings is 2. The molecule has 0 fully saturated rings. The van der Waals surface area contributed by atoms with Crippen LogP contribution in [0.4, 0.5) is 10.2 Å². The Morgan fingerprint density at radius 2 is 1.93 bits per heavy atom. The molecule has 0 atom stereocenters. The fraction of sp³-hybridized carbons (Fsp3) is 0.200. The third-order valence-corrected chi connectivity index (χ3v) is 4.11. The maximum Gasteiger partial charge on any atom is 0.230 e. The maximum atomic E-state index is 13.7. The third-order valence-electron chi connectivity index (χ3n) is 4.11. The van der Waals surface area contributed by atoms with Gasteiger partial charge in [0.2, 0.25) is 5.91 Å². The quantitative estimate of drug-likeness (QED) is 0.694. The fourth-order valence-electron chi connectivity index (χ4n) is 2.71. The summed E-state index contributed by atoms with van der Waals surface area (Å²) in [5, 5.41) is 7.02. The number of nitrogens with one attached hydrogen (secondary N) is 1. The number of nitrogens with zero attached hydrogens (tertiary/aromatic N) is 2. The highest BCUT2D eigenvalue weighted by Gasteiger charge is 2.13. The van der Waals surface area contributed by atoms with Gasteiger partial charge in [0.15, 0.2) is 0 Å². The molecule has 2 aromatic carbocycles. The van der Waals surface area contributed by atoms with Crippen LogP contribution >= 0.6 is 0 Å². The highest BCUT2D eigenvalue weighted by molar-refractivity contribution is 5.91. The Balaban J connectivity index is 1.73. The molecule has 27 heavy (non-hydrogen) atoms. The summed E-state index contributed by atoms with van der Waals surface area (Å²) in [5.74, 6) is 1.16. The predicted molar refractivity (Wildman–Crippen MR) is 99.6 cm³/mol. The number of hydrogen-bond acceptors (Lipinski definition) is 4. The van der Waals surface area contributed by atoms with E-state index < -0.39 is 5.82 Å². The van der Waals surface area contributed by atoms with Gasteiger partial charge in [-0.05, 0) is 23.8 Å². The second-order valence-corrected chi connectivity index (χ2v) is 5.87. The van der Waals surface area contributed by atoms with Crippen molar-refractivity contribution in [2.24, 2.45) is 0 Å². The van der Waals surface area contributed by atoms with Crippen LogP contribution in [0.15, 0.2) is 54.7 Å². The molecule has 0 aliphatic heterocycles. The van der Waals surface area contributed by atoms with Crippen molar-refractivity contribution in [3.8, 4) is 11.5 Å². The number of aromatic nitrogens is 2. The number of hydrogen-bond donors (Lipinski definition) is 1. The molecule has 0 saturated heterocycles. The minimum atomic E-state index is -0.399. The zero-order valence-electron chi connectivity index (χ0n) is 15.1. The molecule has 0 bridgehead atoms. The Labute approximate surface area is 156 Å². The summed E-state index contributed by atoms with van der Waals surface area (Å²) in [5.41, 5.74) is 1.23. The molecule has 0 unspecified atom stereocenters. The summed E-state index contributed by atoms with van der Waals surface area (Å²) in [6.07, 6.45) is 1.54. The SMILES string of the molecule is COc1ccc(Cn2nccc2NC(=O)Cc2ccccc2F)c(OC)c1. The van der Waals surface area contributed by atoms with Crippen molar-refractivity contribution in [3.63, 3.8) is 0 Å². The summed E-state index contributed by atoms with van der Waals surface area (Å²) in [7, 11) is 3.17. The van der Waals surface area contributed by atoms with Crippen molar-refractivity contribution in [2.75, 3.05) is 19.5 Å². The van der Waals surface area contributed by atoms with E-state index in [1.165, 1.54) is 6.07 Å². The van der Waals surface area contributed by atoms with E-state index in [0.29, 0.717) is 29.4 Å². The van der Waals surface area contributed by atoms with Crippen LogP contribution in [0.5, 0.6) is 11.5 Å². The molecule has 0 aliphatic carbocycles. The average molecular weight is 369 g/mol. The molecule has 1 N–H and O–H groups in total. The lowest BCUT2D eigenvalue weighted by Gasteiger charge is -2.13. The van der Waals surface area contributed by atoms with E-state index in [9.17, 15) is 9.18 Å². The van der Waals surface area contributed by atoms with E-state index in [1.54, 1.807) is 55.4 Å². The molecule has 0 saturated carbocycles. The maximum absolute atomic E-state index is 13.7. The predicted octanol–water partition coefficient (Wildman–Crippen LogP) is 3.27. The molecule has 140 valence electrons. The molecule has 3 aromatic rings. The van der Waals surface area contributed by atoms with Gasteiger partial charge >= 0.3 is 0 Å². The summed E-state index contributed by atoms with van der Waals surface area (Å²) in [6.45, 7) is 0.398. The number of carbonyl (C=O) groups excluding carboxylic acids is 1. The molecule has 1 heterocycles. The van der Waals surface area contributed by atoms with Crippen molar-refractivity contribution in [1.82, 2.24) is 9.78 Å². The average Bonchev–Trinajstić information content (AvgIpc) is 3.10. The van der Waals surface area contributed by atoms with Crippen LogP contribution in [0.25, 0.3) is 0 Å². The van der Waals surface area contributed by atoms with Crippen LogP contribution < -0.4 is 14.8 Å². The Morgan fingerprint density at radius 3 is 2.67 bits per heavy atom. The largest absolute Gasteiger partial charge is 0.497 e. The smallest absolute Gasteiger partial charge is 0.230 e. The minimum Gasteiger partial charge on any atom is -0.497 e. The Bertz CT molecular complexity index is 940. The first-order chi connectivity index (χ1) is 13.1. The van der Waals surface area contributed by atoms with Crippen LogP contribution in [-0.4, -0.2) is 29.9 Å². The first kappa shape index (κ1) is 18.4. The van der Waals surface area contributed by atoms with Gasteiger partial charge in [-0.2, -0.15) is 5.10 Å². The molecule has 0 spiro atoms. The molecule has 0 radical (unpaired) electrons. The zero-order valence-corrected chi connectivity index (χ0v) is 15.1. The summed E-state index contributed by atoms with van der Waals surface area (Å²) in [6, 6.07) is 13.4. The van der Waals surface area contributed by atoms with Gasteiger partial charge in [-0.25, -0.2) is 9.07 Å². The summed E-state index contributed by atoms with van der Waals surface area (Å²) in [4.78, 5) is 12.3. The van der Waals surface area contributed by atoms with Gasteiger partial charge in [0.1, 0.15) is 23.1 Å². The van der Waals surface area contributed by atoms with Gasteiger partial charge in [0.25, 0.3) is 0 Å². The number of carbonyl (C=O) groups is 1. The topological polar surface area (TPSA) is 65.4 Å². The second kappa shape index (κ2) is 8.35. The highest BCUT2D eigenvalue weighted by Crippen LogP contribution is 2.26. The number of halogens is 1. The molecular weight excluding hydrogens is 349 g/mol. The zero-order chi connectivity index (χ0) is 19.2. The lowest BCUT2D eigenvalue weighted by atomic mass is 10.1. The fourth-order valence-corrected chi connectivity index (χ4v) is 2.71. The highest BCUT2D eigenvalue weighted by atomic mass is 19.1. The van der Waals surface area contributed by atoms with E-state index in [-0.39, 0.29) is 12.3 Å². The van der Waals surface area contributed by atoms with Crippen molar-refractivity contribution in [2.45, 2.75) is 13.0 Å².